The molecule has 0 amide bonds. The molecular formula is C52H57Cl2F2N11O6. The first kappa shape index (κ1) is 50.2. The molecule has 1 saturated heterocycles. The van der Waals surface area contributed by atoms with E-state index >= 15 is 0 Å². The Morgan fingerprint density at radius 1 is 0.644 bits per heavy atom. The topological polar surface area (TPSA) is 178 Å². The van der Waals surface area contributed by atoms with Gasteiger partial charge in [-0.2, -0.15) is 0 Å². The molecule has 10 rings (SSSR count). The summed E-state index contributed by atoms with van der Waals surface area (Å²) in [5.74, 6) is -0.418. The van der Waals surface area contributed by atoms with Gasteiger partial charge in [0.1, 0.15) is 36.0 Å². The molecule has 0 bridgehead atoms. The molecule has 7 heterocycles. The predicted octanol–water partition coefficient (Wildman–Crippen LogP) is 7.79. The van der Waals surface area contributed by atoms with Gasteiger partial charge in [-0.1, -0.05) is 35.3 Å². The first-order valence-corrected chi connectivity index (χ1v) is 24.6. The van der Waals surface area contributed by atoms with E-state index in [0.29, 0.717) is 86.7 Å². The highest BCUT2D eigenvalue weighted by Gasteiger charge is 2.57. The van der Waals surface area contributed by atoms with Gasteiger partial charge in [-0.15, -0.1) is 0 Å². The average Bonchev–Trinajstić information content (AvgIpc) is 3.77. The molecule has 73 heavy (non-hydrogen) atoms. The summed E-state index contributed by atoms with van der Waals surface area (Å²) >= 11 is 14.5. The zero-order chi connectivity index (χ0) is 52.1. The van der Waals surface area contributed by atoms with E-state index in [1.165, 1.54) is 7.11 Å². The van der Waals surface area contributed by atoms with E-state index in [1.807, 2.05) is 93.3 Å². The summed E-state index contributed by atoms with van der Waals surface area (Å²) in [6.45, 7) is 7.76. The highest BCUT2D eigenvalue weighted by Crippen LogP contribution is 2.50. The van der Waals surface area contributed by atoms with Gasteiger partial charge in [0.05, 0.1) is 88.3 Å². The van der Waals surface area contributed by atoms with Crippen LogP contribution in [-0.2, 0) is 39.4 Å². The van der Waals surface area contributed by atoms with E-state index in [4.69, 9.17) is 52.1 Å². The predicted molar refractivity (Wildman–Crippen MR) is 270 cm³/mol. The molecule has 2 aliphatic rings. The van der Waals surface area contributed by atoms with Crippen LogP contribution in [0.4, 0.5) is 8.78 Å². The van der Waals surface area contributed by atoms with Crippen molar-refractivity contribution in [3.05, 3.63) is 128 Å². The SMILES string of the molecule is COc1nc2ccc(C(O)(c3cnc(C)n3C)c3cnc(C)n3C)cc2c(Cl)c1OC1CCC(COc2nc3ccc(C(O)(c4cnc(C)n4C)c4cnc(C)n4C)cc3c(Cl)c2OCC2CC2(F)F)N(C)C1. The number of halogens is 4. The highest BCUT2D eigenvalue weighted by molar-refractivity contribution is 6.37. The quantitative estimate of drug-likeness (QED) is 0.102. The van der Waals surface area contributed by atoms with Crippen LogP contribution in [0.1, 0.15) is 76.5 Å². The number of aryl methyl sites for hydroxylation is 4. The Kier molecular flexibility index (Phi) is 12.7. The number of fused-ring (bicyclic) bond motifs is 2. The Labute approximate surface area is 430 Å². The number of hydrogen-bond acceptors (Lipinski definition) is 13. The number of ether oxygens (including phenoxy) is 4. The summed E-state index contributed by atoms with van der Waals surface area (Å²) in [5.41, 5.74) is 0.630. The summed E-state index contributed by atoms with van der Waals surface area (Å²) in [5, 5.41) is 27.0. The van der Waals surface area contributed by atoms with Crippen molar-refractivity contribution >= 4 is 45.0 Å². The minimum absolute atomic E-state index is 0.0305. The molecule has 8 aromatic rings. The minimum atomic E-state index is -2.84. The van der Waals surface area contributed by atoms with E-state index in [9.17, 15) is 19.0 Å². The Hall–Kier alpha value is -6.38. The number of nitrogens with zero attached hydrogens (tertiary/aromatic N) is 11. The standard InChI is InChI=1S/C52H57Cl2F2N11O6/c1-27-57-20-40(64(27)6)51(68,41-21-58-28(2)65(41)7)31-12-16-39-36(17-31)44(53)46(71-25-33-19-50(33,55)56)49(62-39)72-26-34-13-14-35(24-63(34)5)73-47-45(54)37-18-32(11-15-38(37)61-48(47)70-10)52(69,42-22-59-29(3)66(42)8)43-23-60-30(4)67(43)9/h11-12,15-18,20-23,33-35,68-69H,13-14,19,24-26H2,1-10H3. The van der Waals surface area contributed by atoms with Crippen LogP contribution in [0.3, 0.4) is 0 Å². The zero-order valence-corrected chi connectivity index (χ0v) is 43.7. The second-order valence-corrected chi connectivity index (χ2v) is 20.2. The summed E-state index contributed by atoms with van der Waals surface area (Å²) in [6, 6.07) is 10.5. The van der Waals surface area contributed by atoms with Crippen molar-refractivity contribution in [3.8, 4) is 23.3 Å². The van der Waals surface area contributed by atoms with Crippen molar-refractivity contribution in [2.24, 2.45) is 34.1 Å². The largest absolute Gasteiger partial charge is 0.486 e. The number of imidazole rings is 4. The lowest BCUT2D eigenvalue weighted by Crippen LogP contribution is -2.47. The molecule has 0 spiro atoms. The number of rotatable bonds is 15. The molecule has 6 aromatic heterocycles. The molecule has 1 aliphatic carbocycles. The normalized spacial score (nSPS) is 18.2. The van der Waals surface area contributed by atoms with Gasteiger partial charge < -0.3 is 47.4 Å². The van der Waals surface area contributed by atoms with Crippen LogP contribution in [0.5, 0.6) is 23.3 Å². The fourth-order valence-corrected chi connectivity index (χ4v) is 10.5. The monoisotopic (exact) mass is 1040 g/mol. The van der Waals surface area contributed by atoms with Crippen LogP contribution in [0.15, 0.2) is 61.2 Å². The molecule has 17 nitrogen and oxygen atoms in total. The fraction of sp³-hybridized carbons (Fsp3) is 0.423. The van der Waals surface area contributed by atoms with Crippen LogP contribution in [-0.4, -0.2) is 115 Å². The Balaban J connectivity index is 0.913. The molecule has 1 saturated carbocycles. The zero-order valence-electron chi connectivity index (χ0n) is 42.2. The number of aliphatic hydroxyl groups is 2. The molecule has 2 aromatic carbocycles. The van der Waals surface area contributed by atoms with Gasteiger partial charge in [-0.05, 0) is 83.0 Å². The van der Waals surface area contributed by atoms with E-state index in [2.05, 4.69) is 24.8 Å². The molecule has 0 radical (unpaired) electrons. The maximum absolute atomic E-state index is 14.2. The van der Waals surface area contributed by atoms with Crippen LogP contribution in [0, 0.1) is 33.6 Å². The number of likely N-dealkylation sites (tertiary alicyclic amines) is 1. The number of likely N-dealkylation sites (N-methyl/N-ethyl adjacent to an activating group) is 1. The van der Waals surface area contributed by atoms with Crippen molar-refractivity contribution in [1.82, 2.24) is 53.1 Å². The maximum atomic E-state index is 14.2. The number of methoxy groups -OCH3 is 1. The van der Waals surface area contributed by atoms with Gasteiger partial charge in [-0.3, -0.25) is 4.90 Å². The third-order valence-corrected chi connectivity index (χ3v) is 15.9. The Morgan fingerprint density at radius 3 is 1.48 bits per heavy atom. The minimum Gasteiger partial charge on any atom is -0.486 e. The summed E-state index contributed by atoms with van der Waals surface area (Å²) in [7, 11) is 10.8. The maximum Gasteiger partial charge on any atom is 0.259 e. The van der Waals surface area contributed by atoms with Crippen molar-refractivity contribution in [3.63, 3.8) is 0 Å². The van der Waals surface area contributed by atoms with Crippen molar-refractivity contribution in [2.75, 3.05) is 33.9 Å². The highest BCUT2D eigenvalue weighted by atomic mass is 35.5. The van der Waals surface area contributed by atoms with Gasteiger partial charge in [0.2, 0.25) is 11.5 Å². The lowest BCUT2D eigenvalue weighted by Gasteiger charge is -2.37. The van der Waals surface area contributed by atoms with Crippen molar-refractivity contribution in [2.45, 2.75) is 76.2 Å². The second kappa shape index (κ2) is 18.5. The first-order chi connectivity index (χ1) is 34.7. The summed E-state index contributed by atoms with van der Waals surface area (Å²) < 4.78 is 60.7. The van der Waals surface area contributed by atoms with Crippen molar-refractivity contribution < 1.29 is 37.9 Å². The van der Waals surface area contributed by atoms with Gasteiger partial charge in [-0.25, -0.2) is 38.7 Å². The van der Waals surface area contributed by atoms with E-state index in [-0.39, 0.29) is 65.1 Å². The fourth-order valence-electron chi connectivity index (χ4n) is 9.93. The molecule has 1 aliphatic heterocycles. The van der Waals surface area contributed by atoms with Crippen LogP contribution < -0.4 is 18.9 Å². The third kappa shape index (κ3) is 8.42. The van der Waals surface area contributed by atoms with Crippen LogP contribution >= 0.6 is 23.2 Å². The van der Waals surface area contributed by atoms with Crippen molar-refractivity contribution in [1.29, 1.82) is 0 Å². The van der Waals surface area contributed by atoms with Gasteiger partial charge >= 0.3 is 0 Å². The summed E-state index contributed by atoms with van der Waals surface area (Å²) in [6.07, 6.45) is 7.16. The number of alkyl halides is 2. The number of hydrogen-bond donors (Lipinski definition) is 2. The molecular weight excluding hydrogens is 984 g/mol. The Bertz CT molecular complexity index is 3350. The molecule has 384 valence electrons. The molecule has 3 unspecified atom stereocenters. The molecule has 2 N–H and O–H groups in total. The summed E-state index contributed by atoms with van der Waals surface area (Å²) in [4.78, 5) is 29.7. The number of pyridine rings is 2. The van der Waals surface area contributed by atoms with Gasteiger partial charge in [0.25, 0.3) is 17.7 Å². The van der Waals surface area contributed by atoms with Gasteiger partial charge in [0, 0.05) is 58.0 Å². The number of aromatic nitrogens is 10. The molecule has 21 heteroatoms. The Morgan fingerprint density at radius 2 is 1.08 bits per heavy atom. The van der Waals surface area contributed by atoms with E-state index < -0.39 is 23.0 Å². The first-order valence-electron chi connectivity index (χ1n) is 23.9. The third-order valence-electron chi connectivity index (χ3n) is 15.1. The molecule has 2 fully saturated rings. The van der Waals surface area contributed by atoms with Gasteiger partial charge in [0.15, 0.2) is 11.2 Å². The van der Waals surface area contributed by atoms with Crippen LogP contribution in [0.25, 0.3) is 21.8 Å². The number of piperidine rings is 1. The van der Waals surface area contributed by atoms with E-state index in [1.54, 1.807) is 49.1 Å². The smallest absolute Gasteiger partial charge is 0.259 e. The second-order valence-electron chi connectivity index (χ2n) is 19.4. The molecule has 3 atom stereocenters. The van der Waals surface area contributed by atoms with Crippen LogP contribution in [0.2, 0.25) is 10.0 Å². The van der Waals surface area contributed by atoms with E-state index in [0.717, 1.165) is 11.6 Å². The lowest BCUT2D eigenvalue weighted by molar-refractivity contribution is 0.0434. The number of benzene rings is 2. The lowest BCUT2D eigenvalue weighted by atomic mass is 9.86. The average molecular weight is 1040 g/mol.